The molecule has 0 radical (unpaired) electrons. The van der Waals surface area contributed by atoms with Gasteiger partial charge in [-0.2, -0.15) is 0 Å². The number of thiophene rings is 1. The van der Waals surface area contributed by atoms with Crippen LogP contribution in [0.3, 0.4) is 0 Å². The van der Waals surface area contributed by atoms with Crippen LogP contribution in [0, 0.1) is 0 Å². The molecule has 4 nitrogen and oxygen atoms in total. The SMILES string of the molecule is COc1cccc2sc(C(N)=O)c(N)c12. The number of nitrogen functional groups attached to an aromatic ring is 1. The van der Waals surface area contributed by atoms with Crippen molar-refractivity contribution >= 4 is 33.0 Å². The van der Waals surface area contributed by atoms with E-state index in [9.17, 15) is 4.79 Å². The summed E-state index contributed by atoms with van der Waals surface area (Å²) in [5.41, 5.74) is 11.5. The van der Waals surface area contributed by atoms with E-state index in [2.05, 4.69) is 0 Å². The Morgan fingerprint density at radius 3 is 2.80 bits per heavy atom. The second-order valence-electron chi connectivity index (χ2n) is 3.04. The Balaban J connectivity index is 2.82. The summed E-state index contributed by atoms with van der Waals surface area (Å²) in [4.78, 5) is 11.5. The molecule has 0 fully saturated rings. The third-order valence-electron chi connectivity index (χ3n) is 2.16. The molecule has 15 heavy (non-hydrogen) atoms. The van der Waals surface area contributed by atoms with E-state index in [1.54, 1.807) is 13.2 Å². The van der Waals surface area contributed by atoms with Crippen molar-refractivity contribution < 1.29 is 9.53 Å². The summed E-state index contributed by atoms with van der Waals surface area (Å²) in [6, 6.07) is 5.53. The number of amides is 1. The lowest BCUT2D eigenvalue weighted by Crippen LogP contribution is -2.10. The number of fused-ring (bicyclic) bond motifs is 1. The number of nitrogens with two attached hydrogens (primary N) is 2. The summed E-state index contributed by atoms with van der Waals surface area (Å²) in [7, 11) is 1.57. The molecule has 0 saturated carbocycles. The van der Waals surface area contributed by atoms with E-state index < -0.39 is 5.91 Å². The number of benzene rings is 1. The van der Waals surface area contributed by atoms with E-state index in [0.29, 0.717) is 16.3 Å². The highest BCUT2D eigenvalue weighted by Gasteiger charge is 2.16. The second-order valence-corrected chi connectivity index (χ2v) is 4.09. The van der Waals surface area contributed by atoms with Crippen molar-refractivity contribution in [2.75, 3.05) is 12.8 Å². The van der Waals surface area contributed by atoms with Crippen LogP contribution in [0.4, 0.5) is 5.69 Å². The summed E-state index contributed by atoms with van der Waals surface area (Å²) in [6.45, 7) is 0. The average Bonchev–Trinajstić information content (AvgIpc) is 2.56. The molecule has 0 unspecified atom stereocenters. The fourth-order valence-electron chi connectivity index (χ4n) is 1.49. The number of rotatable bonds is 2. The van der Waals surface area contributed by atoms with Crippen LogP contribution in [-0.4, -0.2) is 13.0 Å². The molecular weight excluding hydrogens is 212 g/mol. The summed E-state index contributed by atoms with van der Waals surface area (Å²) < 4.78 is 6.08. The predicted octanol–water partition coefficient (Wildman–Crippen LogP) is 1.59. The molecule has 1 amide bonds. The van der Waals surface area contributed by atoms with E-state index >= 15 is 0 Å². The van der Waals surface area contributed by atoms with E-state index in [0.717, 1.165) is 10.1 Å². The largest absolute Gasteiger partial charge is 0.496 e. The van der Waals surface area contributed by atoms with Gasteiger partial charge in [0, 0.05) is 4.70 Å². The van der Waals surface area contributed by atoms with E-state index in [-0.39, 0.29) is 0 Å². The molecule has 0 aliphatic heterocycles. The Bertz CT molecular complexity index is 533. The third-order valence-corrected chi connectivity index (χ3v) is 3.34. The molecule has 1 aromatic carbocycles. The molecule has 0 aliphatic rings. The van der Waals surface area contributed by atoms with Crippen molar-refractivity contribution in [3.05, 3.63) is 23.1 Å². The maximum atomic E-state index is 11.1. The Labute approximate surface area is 90.4 Å². The van der Waals surface area contributed by atoms with Gasteiger partial charge in [-0.1, -0.05) is 6.07 Å². The molecule has 1 aromatic heterocycles. The van der Waals surface area contributed by atoms with E-state index in [1.165, 1.54) is 11.3 Å². The van der Waals surface area contributed by atoms with Gasteiger partial charge in [0.2, 0.25) is 0 Å². The van der Waals surface area contributed by atoms with Crippen molar-refractivity contribution in [2.24, 2.45) is 5.73 Å². The normalized spacial score (nSPS) is 10.5. The zero-order valence-corrected chi connectivity index (χ0v) is 8.93. The van der Waals surface area contributed by atoms with Gasteiger partial charge in [-0.25, -0.2) is 0 Å². The van der Waals surface area contributed by atoms with Crippen LogP contribution in [-0.2, 0) is 0 Å². The lowest BCUT2D eigenvalue weighted by atomic mass is 10.2. The van der Waals surface area contributed by atoms with Gasteiger partial charge in [0.25, 0.3) is 5.91 Å². The number of anilines is 1. The van der Waals surface area contributed by atoms with Crippen LogP contribution >= 0.6 is 11.3 Å². The molecule has 2 rings (SSSR count). The van der Waals surface area contributed by atoms with Gasteiger partial charge in [-0.05, 0) is 12.1 Å². The minimum atomic E-state index is -0.504. The molecule has 1 heterocycles. The highest BCUT2D eigenvalue weighted by atomic mass is 32.1. The minimum absolute atomic E-state index is 0.384. The summed E-state index contributed by atoms with van der Waals surface area (Å²) >= 11 is 1.28. The van der Waals surface area contributed by atoms with Gasteiger partial charge in [-0.3, -0.25) is 4.79 Å². The molecule has 0 aliphatic carbocycles. The van der Waals surface area contributed by atoms with Crippen LogP contribution < -0.4 is 16.2 Å². The predicted molar refractivity (Wildman–Crippen MR) is 61.3 cm³/mol. The van der Waals surface area contributed by atoms with Gasteiger partial charge in [0.15, 0.2) is 0 Å². The number of ether oxygens (including phenoxy) is 1. The smallest absolute Gasteiger partial charge is 0.260 e. The van der Waals surface area contributed by atoms with Crippen molar-refractivity contribution in [2.45, 2.75) is 0 Å². The molecule has 0 saturated heterocycles. The van der Waals surface area contributed by atoms with Crippen LogP contribution in [0.5, 0.6) is 5.75 Å². The van der Waals surface area contributed by atoms with Gasteiger partial charge in [0.1, 0.15) is 10.6 Å². The first-order chi connectivity index (χ1) is 7.15. The maximum absolute atomic E-state index is 11.1. The standard InChI is InChI=1S/C10H10N2O2S/c1-14-5-3-2-4-6-7(5)8(11)9(15-6)10(12)13/h2-4H,11H2,1H3,(H2,12,13). The fourth-order valence-corrected chi connectivity index (χ4v) is 2.48. The topological polar surface area (TPSA) is 78.3 Å². The van der Waals surface area contributed by atoms with Crippen LogP contribution in [0.1, 0.15) is 9.67 Å². The number of hydrogen-bond acceptors (Lipinski definition) is 4. The van der Waals surface area contributed by atoms with E-state index in [4.69, 9.17) is 16.2 Å². The average molecular weight is 222 g/mol. The molecule has 78 valence electrons. The molecule has 2 aromatic rings. The maximum Gasteiger partial charge on any atom is 0.260 e. The lowest BCUT2D eigenvalue weighted by Gasteiger charge is -2.01. The molecule has 0 spiro atoms. The van der Waals surface area contributed by atoms with Gasteiger partial charge in [0.05, 0.1) is 18.2 Å². The van der Waals surface area contributed by atoms with Crippen molar-refractivity contribution in [3.63, 3.8) is 0 Å². The summed E-state index contributed by atoms with van der Waals surface area (Å²) in [5.74, 6) is 0.157. The lowest BCUT2D eigenvalue weighted by molar-refractivity contribution is 0.100. The van der Waals surface area contributed by atoms with Gasteiger partial charge >= 0.3 is 0 Å². The van der Waals surface area contributed by atoms with Crippen LogP contribution in [0.15, 0.2) is 18.2 Å². The number of primary amides is 1. The van der Waals surface area contributed by atoms with Crippen molar-refractivity contribution in [1.29, 1.82) is 0 Å². The highest BCUT2D eigenvalue weighted by Crippen LogP contribution is 2.38. The Kier molecular flexibility index (Phi) is 2.24. The fraction of sp³-hybridized carbons (Fsp3) is 0.100. The Morgan fingerprint density at radius 2 is 2.20 bits per heavy atom. The number of methoxy groups -OCH3 is 1. The first kappa shape index (κ1) is 9.79. The third kappa shape index (κ3) is 1.41. The number of carbonyl (C=O) groups is 1. The monoisotopic (exact) mass is 222 g/mol. The van der Waals surface area contributed by atoms with Crippen LogP contribution in [0.2, 0.25) is 0 Å². The first-order valence-corrected chi connectivity index (χ1v) is 5.11. The van der Waals surface area contributed by atoms with Gasteiger partial charge < -0.3 is 16.2 Å². The summed E-state index contributed by atoms with van der Waals surface area (Å²) in [5, 5.41) is 0.763. The first-order valence-electron chi connectivity index (χ1n) is 4.30. The van der Waals surface area contributed by atoms with Crippen LogP contribution in [0.25, 0.3) is 10.1 Å². The Hall–Kier alpha value is -1.75. The Morgan fingerprint density at radius 1 is 1.47 bits per heavy atom. The van der Waals surface area contributed by atoms with E-state index in [1.807, 2.05) is 12.1 Å². The molecule has 4 N–H and O–H groups in total. The zero-order chi connectivity index (χ0) is 11.0. The van der Waals surface area contributed by atoms with Crippen molar-refractivity contribution in [3.8, 4) is 5.75 Å². The molecule has 5 heteroatoms. The number of hydrogen-bond donors (Lipinski definition) is 2. The number of carbonyl (C=O) groups excluding carboxylic acids is 1. The quantitative estimate of drug-likeness (QED) is 0.809. The molecule has 0 atom stereocenters. The van der Waals surface area contributed by atoms with Crippen molar-refractivity contribution in [1.82, 2.24) is 0 Å². The minimum Gasteiger partial charge on any atom is -0.496 e. The zero-order valence-electron chi connectivity index (χ0n) is 8.11. The van der Waals surface area contributed by atoms with Gasteiger partial charge in [-0.15, -0.1) is 11.3 Å². The summed E-state index contributed by atoms with van der Waals surface area (Å²) in [6.07, 6.45) is 0. The molecular formula is C10H10N2O2S. The highest BCUT2D eigenvalue weighted by molar-refractivity contribution is 7.21. The molecule has 0 bridgehead atoms. The second kappa shape index (κ2) is 3.43.